The molecule has 2 aromatic heterocycles. The lowest BCUT2D eigenvalue weighted by Crippen LogP contribution is -2.48. The van der Waals surface area contributed by atoms with Crippen LogP contribution in [0.2, 0.25) is 0 Å². The third-order valence-electron chi connectivity index (χ3n) is 5.00. The Morgan fingerprint density at radius 2 is 2.00 bits per heavy atom. The van der Waals surface area contributed by atoms with Gasteiger partial charge in [0.1, 0.15) is 0 Å². The Morgan fingerprint density at radius 1 is 1.28 bits per heavy atom. The lowest BCUT2D eigenvalue weighted by Gasteiger charge is -2.35. The van der Waals surface area contributed by atoms with Crippen molar-refractivity contribution in [3.8, 4) is 0 Å². The average Bonchev–Trinajstić information content (AvgIpc) is 2.88. The monoisotopic (exact) mass is 345 g/mol. The summed E-state index contributed by atoms with van der Waals surface area (Å²) in [5.41, 5.74) is 2.12. The summed E-state index contributed by atoms with van der Waals surface area (Å²) >= 11 is 0. The van der Waals surface area contributed by atoms with Crippen LogP contribution in [-0.2, 0) is 18.8 Å². The predicted octanol–water partition coefficient (Wildman–Crippen LogP) is 2.26. The number of ether oxygens (including phenoxy) is 1. The van der Waals surface area contributed by atoms with Crippen LogP contribution < -0.4 is 10.9 Å². The van der Waals surface area contributed by atoms with Gasteiger partial charge in [-0.25, -0.2) is 0 Å². The molecule has 6 heteroatoms. The first kappa shape index (κ1) is 17.7. The van der Waals surface area contributed by atoms with Crippen molar-refractivity contribution in [2.24, 2.45) is 14.1 Å². The zero-order valence-electron chi connectivity index (χ0n) is 15.5. The highest BCUT2D eigenvalue weighted by Gasteiger charge is 2.32. The number of hydrogen-bond donors (Lipinski definition) is 1. The van der Waals surface area contributed by atoms with Gasteiger partial charge in [-0.2, -0.15) is 0 Å². The van der Waals surface area contributed by atoms with Crippen molar-refractivity contribution < 1.29 is 9.53 Å². The fraction of sp³-hybridized carbons (Fsp3) is 0.579. The molecule has 2 aromatic rings. The first-order valence-corrected chi connectivity index (χ1v) is 9.00. The molecule has 0 atom stereocenters. The van der Waals surface area contributed by atoms with E-state index in [-0.39, 0.29) is 23.6 Å². The summed E-state index contributed by atoms with van der Waals surface area (Å²) in [7, 11) is 3.58. The Bertz CT molecular complexity index is 844. The van der Waals surface area contributed by atoms with E-state index in [9.17, 15) is 9.59 Å². The Kier molecular flexibility index (Phi) is 4.99. The van der Waals surface area contributed by atoms with Gasteiger partial charge in [-0.1, -0.05) is 13.3 Å². The standard InChI is InChI=1S/C19H27N3O3/c1-5-6-7-25-14-8-13(9-14)20-18(23)15-11-21(3)17-12(2)10-22(4)19(24)16(15)17/h10-11,13-14H,5-9H2,1-4H3,(H,20,23)/t13-,14+. The van der Waals surface area contributed by atoms with Crippen LogP contribution in [0.4, 0.5) is 0 Å². The number of rotatable bonds is 6. The summed E-state index contributed by atoms with van der Waals surface area (Å²) in [6.45, 7) is 4.89. The molecule has 0 radical (unpaired) electrons. The molecule has 136 valence electrons. The highest BCUT2D eigenvalue weighted by atomic mass is 16.5. The summed E-state index contributed by atoms with van der Waals surface area (Å²) in [4.78, 5) is 25.2. The lowest BCUT2D eigenvalue weighted by atomic mass is 9.89. The third-order valence-corrected chi connectivity index (χ3v) is 5.00. The molecule has 1 aliphatic rings. The van der Waals surface area contributed by atoms with Gasteiger partial charge in [0, 0.05) is 39.1 Å². The van der Waals surface area contributed by atoms with E-state index in [0.717, 1.165) is 43.4 Å². The third kappa shape index (κ3) is 3.35. The molecule has 1 fully saturated rings. The van der Waals surface area contributed by atoms with Crippen LogP contribution >= 0.6 is 0 Å². The molecular formula is C19H27N3O3. The van der Waals surface area contributed by atoms with Crippen molar-refractivity contribution in [2.45, 2.75) is 51.7 Å². The first-order valence-electron chi connectivity index (χ1n) is 9.00. The normalized spacial score (nSPS) is 19.8. The SMILES string of the molecule is CCCCO[C@H]1C[C@@H](NC(=O)c2cn(C)c3c(C)cn(C)c(=O)c23)C1. The predicted molar refractivity (Wildman–Crippen MR) is 98.0 cm³/mol. The number of aryl methyl sites for hydroxylation is 3. The topological polar surface area (TPSA) is 65.3 Å². The maximum atomic E-state index is 12.7. The number of unbranched alkanes of at least 4 members (excludes halogenated alkanes) is 1. The molecule has 1 N–H and O–H groups in total. The van der Waals surface area contributed by atoms with E-state index in [2.05, 4.69) is 12.2 Å². The van der Waals surface area contributed by atoms with Gasteiger partial charge >= 0.3 is 0 Å². The summed E-state index contributed by atoms with van der Waals surface area (Å²) in [5.74, 6) is -0.176. The Hall–Kier alpha value is -2.08. The van der Waals surface area contributed by atoms with Gasteiger partial charge < -0.3 is 19.2 Å². The highest BCUT2D eigenvalue weighted by Crippen LogP contribution is 2.25. The quantitative estimate of drug-likeness (QED) is 0.817. The number of nitrogens with one attached hydrogen (secondary N) is 1. The van der Waals surface area contributed by atoms with Crippen molar-refractivity contribution >= 4 is 16.8 Å². The fourth-order valence-corrected chi connectivity index (χ4v) is 3.55. The van der Waals surface area contributed by atoms with E-state index >= 15 is 0 Å². The summed E-state index contributed by atoms with van der Waals surface area (Å²) < 4.78 is 9.15. The van der Waals surface area contributed by atoms with E-state index < -0.39 is 0 Å². The Balaban J connectivity index is 1.73. The summed E-state index contributed by atoms with van der Waals surface area (Å²) in [6, 6.07) is 0.128. The Labute approximate surface area is 147 Å². The van der Waals surface area contributed by atoms with Crippen molar-refractivity contribution in [1.82, 2.24) is 14.5 Å². The van der Waals surface area contributed by atoms with E-state index in [1.165, 1.54) is 4.57 Å². The fourth-order valence-electron chi connectivity index (χ4n) is 3.55. The first-order chi connectivity index (χ1) is 11.9. The number of fused-ring (bicyclic) bond motifs is 1. The molecule has 1 saturated carbocycles. The second-order valence-corrected chi connectivity index (χ2v) is 7.09. The number of hydrogen-bond acceptors (Lipinski definition) is 3. The van der Waals surface area contributed by atoms with Crippen molar-refractivity contribution in [2.75, 3.05) is 6.61 Å². The molecule has 1 aliphatic carbocycles. The van der Waals surface area contributed by atoms with Crippen molar-refractivity contribution in [1.29, 1.82) is 0 Å². The molecule has 1 amide bonds. The van der Waals surface area contributed by atoms with Crippen LogP contribution in [0.15, 0.2) is 17.2 Å². The van der Waals surface area contributed by atoms with Crippen LogP contribution in [0.3, 0.4) is 0 Å². The molecule has 0 saturated heterocycles. The maximum Gasteiger partial charge on any atom is 0.260 e. The smallest absolute Gasteiger partial charge is 0.260 e. The van der Waals surface area contributed by atoms with Gasteiger partial charge in [0.2, 0.25) is 0 Å². The minimum Gasteiger partial charge on any atom is -0.378 e. The molecular weight excluding hydrogens is 318 g/mol. The zero-order valence-corrected chi connectivity index (χ0v) is 15.5. The van der Waals surface area contributed by atoms with E-state index in [1.807, 2.05) is 18.5 Å². The maximum absolute atomic E-state index is 12.7. The number of aromatic nitrogens is 2. The largest absolute Gasteiger partial charge is 0.378 e. The number of nitrogens with zero attached hydrogens (tertiary/aromatic N) is 2. The molecule has 0 bridgehead atoms. The van der Waals surface area contributed by atoms with Crippen LogP contribution in [-0.4, -0.2) is 33.8 Å². The molecule has 0 aromatic carbocycles. The van der Waals surface area contributed by atoms with Crippen LogP contribution in [0.1, 0.15) is 48.5 Å². The minimum atomic E-state index is -0.176. The Morgan fingerprint density at radius 3 is 2.68 bits per heavy atom. The molecule has 3 rings (SSSR count). The van der Waals surface area contributed by atoms with Gasteiger partial charge in [0.05, 0.1) is 22.6 Å². The van der Waals surface area contributed by atoms with Crippen molar-refractivity contribution in [3.63, 3.8) is 0 Å². The number of amides is 1. The number of carbonyl (C=O) groups is 1. The molecule has 25 heavy (non-hydrogen) atoms. The molecule has 0 unspecified atom stereocenters. The van der Waals surface area contributed by atoms with Gasteiger partial charge in [-0.3, -0.25) is 9.59 Å². The van der Waals surface area contributed by atoms with Gasteiger partial charge in [-0.15, -0.1) is 0 Å². The number of carbonyl (C=O) groups excluding carboxylic acids is 1. The van der Waals surface area contributed by atoms with Crippen LogP contribution in [0.25, 0.3) is 10.9 Å². The molecule has 0 aliphatic heterocycles. The minimum absolute atomic E-state index is 0.128. The van der Waals surface area contributed by atoms with Crippen LogP contribution in [0, 0.1) is 6.92 Å². The lowest BCUT2D eigenvalue weighted by molar-refractivity contribution is -0.0161. The number of pyridine rings is 1. The second-order valence-electron chi connectivity index (χ2n) is 7.09. The summed E-state index contributed by atoms with van der Waals surface area (Å²) in [5, 5.41) is 3.54. The molecule has 2 heterocycles. The average molecular weight is 345 g/mol. The second kappa shape index (κ2) is 7.04. The van der Waals surface area contributed by atoms with Gasteiger partial charge in [0.25, 0.3) is 11.5 Å². The van der Waals surface area contributed by atoms with E-state index in [1.54, 1.807) is 19.4 Å². The molecule has 0 spiro atoms. The molecule has 6 nitrogen and oxygen atoms in total. The highest BCUT2D eigenvalue weighted by molar-refractivity contribution is 6.07. The van der Waals surface area contributed by atoms with E-state index in [4.69, 9.17) is 4.74 Å². The summed E-state index contributed by atoms with van der Waals surface area (Å²) in [6.07, 6.45) is 7.70. The van der Waals surface area contributed by atoms with E-state index in [0.29, 0.717) is 10.9 Å². The zero-order chi connectivity index (χ0) is 18.1. The van der Waals surface area contributed by atoms with Crippen LogP contribution in [0.5, 0.6) is 0 Å². The van der Waals surface area contributed by atoms with Gasteiger partial charge in [-0.05, 0) is 31.7 Å². The van der Waals surface area contributed by atoms with Gasteiger partial charge in [0.15, 0.2) is 0 Å². The van der Waals surface area contributed by atoms with Crippen molar-refractivity contribution in [3.05, 3.63) is 33.9 Å².